The van der Waals surface area contributed by atoms with Crippen molar-refractivity contribution in [3.8, 4) is 11.3 Å². The lowest BCUT2D eigenvalue weighted by molar-refractivity contribution is 0.281. The summed E-state index contributed by atoms with van der Waals surface area (Å²) in [6, 6.07) is 1.71. The van der Waals surface area contributed by atoms with Crippen LogP contribution in [0, 0.1) is 35.0 Å². The number of aliphatic hydroxyl groups excluding tert-OH is 1. The standard InChI is InChI=1S/C12H5F6NO/c13-5-2-1-4(3-20)12(19-5)6-7(14)9(16)11(18)10(17)8(6)15/h1-2,20H,3H2. The van der Waals surface area contributed by atoms with Crippen molar-refractivity contribution < 1.29 is 31.4 Å². The molecule has 1 N–H and O–H groups in total. The van der Waals surface area contributed by atoms with E-state index in [0.717, 1.165) is 12.1 Å². The third kappa shape index (κ3) is 2.11. The summed E-state index contributed by atoms with van der Waals surface area (Å²) in [4.78, 5) is 3.09. The number of benzene rings is 1. The average Bonchev–Trinajstić information content (AvgIpc) is 2.43. The van der Waals surface area contributed by atoms with Gasteiger partial charge in [0, 0.05) is 5.56 Å². The minimum Gasteiger partial charge on any atom is -0.392 e. The van der Waals surface area contributed by atoms with Gasteiger partial charge in [-0.15, -0.1) is 0 Å². The van der Waals surface area contributed by atoms with Gasteiger partial charge in [0.25, 0.3) is 0 Å². The van der Waals surface area contributed by atoms with Crippen LogP contribution in [0.4, 0.5) is 26.3 Å². The molecule has 0 atom stereocenters. The summed E-state index contributed by atoms with van der Waals surface area (Å²) in [7, 11) is 0. The van der Waals surface area contributed by atoms with Gasteiger partial charge in [-0.2, -0.15) is 4.39 Å². The molecule has 1 aromatic carbocycles. The lowest BCUT2D eigenvalue weighted by Crippen LogP contribution is -2.07. The molecule has 0 fully saturated rings. The van der Waals surface area contributed by atoms with Gasteiger partial charge in [-0.1, -0.05) is 0 Å². The Morgan fingerprint density at radius 3 is 1.80 bits per heavy atom. The number of rotatable bonds is 2. The zero-order valence-electron chi connectivity index (χ0n) is 9.52. The van der Waals surface area contributed by atoms with Crippen LogP contribution in [0.1, 0.15) is 5.56 Å². The van der Waals surface area contributed by atoms with Crippen LogP contribution in [0.25, 0.3) is 11.3 Å². The first kappa shape index (κ1) is 14.3. The summed E-state index contributed by atoms with van der Waals surface area (Å²) in [5.41, 5.74) is -2.51. The summed E-state index contributed by atoms with van der Waals surface area (Å²) in [6.45, 7) is -0.817. The van der Waals surface area contributed by atoms with Crippen molar-refractivity contribution in [2.75, 3.05) is 0 Å². The molecule has 8 heteroatoms. The second-order valence-electron chi connectivity index (χ2n) is 3.74. The van der Waals surface area contributed by atoms with Crippen molar-refractivity contribution in [3.05, 3.63) is 52.7 Å². The van der Waals surface area contributed by atoms with E-state index in [4.69, 9.17) is 5.11 Å². The van der Waals surface area contributed by atoms with E-state index in [-0.39, 0.29) is 5.56 Å². The molecule has 0 amide bonds. The molecule has 0 spiro atoms. The first-order chi connectivity index (χ1) is 9.38. The van der Waals surface area contributed by atoms with Gasteiger partial charge in [0.05, 0.1) is 17.9 Å². The Labute approximate surface area is 108 Å². The monoisotopic (exact) mass is 293 g/mol. The Morgan fingerprint density at radius 1 is 0.800 bits per heavy atom. The normalized spacial score (nSPS) is 10.9. The minimum atomic E-state index is -2.33. The van der Waals surface area contributed by atoms with Crippen molar-refractivity contribution >= 4 is 0 Å². The molecule has 0 aliphatic rings. The maximum atomic E-state index is 13.6. The molecule has 2 rings (SSSR count). The molecule has 20 heavy (non-hydrogen) atoms. The number of nitrogens with zero attached hydrogens (tertiary/aromatic N) is 1. The van der Waals surface area contributed by atoms with Gasteiger partial charge in [-0.3, -0.25) is 0 Å². The SMILES string of the molecule is OCc1ccc(F)nc1-c1c(F)c(F)c(F)c(F)c1F. The summed E-state index contributed by atoms with van der Waals surface area (Å²) in [5.74, 6) is -12.2. The summed E-state index contributed by atoms with van der Waals surface area (Å²) in [5, 5.41) is 8.98. The van der Waals surface area contributed by atoms with Crippen LogP contribution < -0.4 is 0 Å². The van der Waals surface area contributed by atoms with Gasteiger partial charge in [-0.25, -0.2) is 26.9 Å². The molecule has 0 saturated carbocycles. The van der Waals surface area contributed by atoms with Crippen LogP contribution in [0.5, 0.6) is 0 Å². The van der Waals surface area contributed by atoms with E-state index >= 15 is 0 Å². The highest BCUT2D eigenvalue weighted by molar-refractivity contribution is 5.64. The highest BCUT2D eigenvalue weighted by atomic mass is 19.2. The fourth-order valence-corrected chi connectivity index (χ4v) is 1.62. The van der Waals surface area contributed by atoms with E-state index in [9.17, 15) is 26.3 Å². The Hall–Kier alpha value is -2.09. The van der Waals surface area contributed by atoms with E-state index in [1.54, 1.807) is 0 Å². The van der Waals surface area contributed by atoms with Gasteiger partial charge < -0.3 is 5.11 Å². The molecule has 1 aromatic heterocycles. The van der Waals surface area contributed by atoms with Gasteiger partial charge >= 0.3 is 0 Å². The van der Waals surface area contributed by atoms with Crippen molar-refractivity contribution in [3.63, 3.8) is 0 Å². The Balaban J connectivity index is 2.86. The molecule has 0 unspecified atom stereocenters. The van der Waals surface area contributed by atoms with E-state index in [2.05, 4.69) is 4.98 Å². The molecule has 2 aromatic rings. The fraction of sp³-hybridized carbons (Fsp3) is 0.0833. The van der Waals surface area contributed by atoms with Gasteiger partial charge in [0.15, 0.2) is 23.3 Å². The Kier molecular flexibility index (Phi) is 3.67. The molecule has 0 bridgehead atoms. The van der Waals surface area contributed by atoms with Crippen LogP contribution in [-0.2, 0) is 6.61 Å². The lowest BCUT2D eigenvalue weighted by Gasteiger charge is -2.10. The Bertz CT molecular complexity index is 659. The lowest BCUT2D eigenvalue weighted by atomic mass is 10.0. The summed E-state index contributed by atoms with van der Waals surface area (Å²) < 4.78 is 79.2. The molecule has 0 aliphatic carbocycles. The van der Waals surface area contributed by atoms with Crippen LogP contribution in [0.15, 0.2) is 12.1 Å². The van der Waals surface area contributed by atoms with E-state index in [1.165, 1.54) is 0 Å². The zero-order valence-corrected chi connectivity index (χ0v) is 9.52. The van der Waals surface area contributed by atoms with Crippen molar-refractivity contribution in [2.24, 2.45) is 0 Å². The fourth-order valence-electron chi connectivity index (χ4n) is 1.62. The van der Waals surface area contributed by atoms with Crippen LogP contribution in [-0.4, -0.2) is 10.1 Å². The second-order valence-corrected chi connectivity index (χ2v) is 3.74. The average molecular weight is 293 g/mol. The number of aromatic nitrogens is 1. The number of hydrogen-bond donors (Lipinski definition) is 1. The summed E-state index contributed by atoms with van der Waals surface area (Å²) >= 11 is 0. The first-order valence-electron chi connectivity index (χ1n) is 5.16. The zero-order chi connectivity index (χ0) is 15.0. The van der Waals surface area contributed by atoms with E-state index in [1.807, 2.05) is 0 Å². The molecule has 0 radical (unpaired) electrons. The van der Waals surface area contributed by atoms with Crippen molar-refractivity contribution in [1.29, 1.82) is 0 Å². The quantitative estimate of drug-likeness (QED) is 0.399. The predicted octanol–water partition coefficient (Wildman–Crippen LogP) is 3.08. The largest absolute Gasteiger partial charge is 0.392 e. The van der Waals surface area contributed by atoms with Crippen LogP contribution in [0.2, 0.25) is 0 Å². The predicted molar refractivity (Wildman–Crippen MR) is 55.3 cm³/mol. The van der Waals surface area contributed by atoms with E-state index in [0.29, 0.717) is 0 Å². The Morgan fingerprint density at radius 2 is 1.30 bits per heavy atom. The number of halogens is 6. The highest BCUT2D eigenvalue weighted by Crippen LogP contribution is 2.32. The van der Waals surface area contributed by atoms with E-state index < -0.39 is 52.9 Å². The number of pyridine rings is 1. The van der Waals surface area contributed by atoms with Crippen LogP contribution in [0.3, 0.4) is 0 Å². The molecule has 2 nitrogen and oxygen atoms in total. The molecule has 1 heterocycles. The topological polar surface area (TPSA) is 33.1 Å². The number of hydrogen-bond acceptors (Lipinski definition) is 2. The smallest absolute Gasteiger partial charge is 0.213 e. The second kappa shape index (κ2) is 5.12. The molecule has 0 saturated heterocycles. The third-order valence-electron chi connectivity index (χ3n) is 2.56. The molecular formula is C12H5F6NO. The van der Waals surface area contributed by atoms with Crippen molar-refractivity contribution in [1.82, 2.24) is 4.98 Å². The van der Waals surface area contributed by atoms with Crippen LogP contribution >= 0.6 is 0 Å². The summed E-state index contributed by atoms with van der Waals surface area (Å²) in [6.07, 6.45) is 0. The molecule has 0 aliphatic heterocycles. The van der Waals surface area contributed by atoms with Crippen molar-refractivity contribution in [2.45, 2.75) is 6.61 Å². The first-order valence-corrected chi connectivity index (χ1v) is 5.16. The van der Waals surface area contributed by atoms with Gasteiger partial charge in [0.1, 0.15) is 0 Å². The maximum absolute atomic E-state index is 13.6. The highest BCUT2D eigenvalue weighted by Gasteiger charge is 2.28. The van der Waals surface area contributed by atoms with Gasteiger partial charge in [-0.05, 0) is 12.1 Å². The third-order valence-corrected chi connectivity index (χ3v) is 2.56. The minimum absolute atomic E-state index is 0.283. The molecule has 106 valence electrons. The molecular weight excluding hydrogens is 288 g/mol. The maximum Gasteiger partial charge on any atom is 0.213 e. The number of aliphatic hydroxyl groups is 1. The van der Waals surface area contributed by atoms with Gasteiger partial charge in [0.2, 0.25) is 11.8 Å².